The molecule has 0 spiro atoms. The summed E-state index contributed by atoms with van der Waals surface area (Å²) in [5, 5.41) is 5.58. The highest BCUT2D eigenvalue weighted by Gasteiger charge is 2.06. The fourth-order valence-corrected chi connectivity index (χ4v) is 2.12. The second-order valence-electron chi connectivity index (χ2n) is 4.50. The first-order chi connectivity index (χ1) is 8.75. The lowest BCUT2D eigenvalue weighted by molar-refractivity contribution is 0.812. The van der Waals surface area contributed by atoms with Crippen molar-refractivity contribution >= 4 is 10.9 Å². The van der Waals surface area contributed by atoms with Crippen molar-refractivity contribution in [3.8, 4) is 5.69 Å². The van der Waals surface area contributed by atoms with Crippen LogP contribution in [0.1, 0.15) is 18.5 Å². The molecule has 0 saturated carbocycles. The summed E-state index contributed by atoms with van der Waals surface area (Å²) in [5.74, 6) is 0. The molecule has 0 saturated heterocycles. The van der Waals surface area contributed by atoms with Crippen LogP contribution in [-0.2, 0) is 0 Å². The number of hydrogen-bond acceptors (Lipinski definition) is 2. The van der Waals surface area contributed by atoms with Gasteiger partial charge in [0.25, 0.3) is 0 Å². The molecule has 0 aliphatic carbocycles. The molecular formula is C15H15N3. The quantitative estimate of drug-likeness (QED) is 0.744. The third-order valence-corrected chi connectivity index (χ3v) is 3.12. The van der Waals surface area contributed by atoms with Crippen LogP contribution in [0.4, 0.5) is 0 Å². The first-order valence-corrected chi connectivity index (χ1v) is 6.04. The minimum atomic E-state index is 0.0341. The van der Waals surface area contributed by atoms with Crippen LogP contribution >= 0.6 is 0 Å². The number of para-hydroxylation sites is 1. The molecular weight excluding hydrogens is 222 g/mol. The summed E-state index contributed by atoms with van der Waals surface area (Å²) in [6, 6.07) is 16.4. The van der Waals surface area contributed by atoms with Gasteiger partial charge in [0.05, 0.1) is 17.4 Å². The third kappa shape index (κ3) is 1.79. The van der Waals surface area contributed by atoms with E-state index in [1.165, 1.54) is 0 Å². The smallest absolute Gasteiger partial charge is 0.0741 e. The average Bonchev–Trinajstić information content (AvgIpc) is 2.82. The average molecular weight is 237 g/mol. The van der Waals surface area contributed by atoms with E-state index < -0.39 is 0 Å². The van der Waals surface area contributed by atoms with Gasteiger partial charge in [-0.3, -0.25) is 0 Å². The van der Waals surface area contributed by atoms with Gasteiger partial charge < -0.3 is 5.73 Å². The molecule has 3 aromatic rings. The molecule has 3 heteroatoms. The van der Waals surface area contributed by atoms with E-state index in [2.05, 4.69) is 23.3 Å². The van der Waals surface area contributed by atoms with Crippen LogP contribution in [0.5, 0.6) is 0 Å². The molecule has 1 heterocycles. The Kier molecular flexibility index (Phi) is 2.61. The summed E-state index contributed by atoms with van der Waals surface area (Å²) in [7, 11) is 0. The van der Waals surface area contributed by atoms with Gasteiger partial charge in [-0.05, 0) is 30.7 Å². The predicted molar refractivity (Wildman–Crippen MR) is 73.7 cm³/mol. The Morgan fingerprint density at radius 3 is 2.78 bits per heavy atom. The maximum Gasteiger partial charge on any atom is 0.0741 e. The number of aromatic nitrogens is 2. The van der Waals surface area contributed by atoms with Crippen molar-refractivity contribution in [1.29, 1.82) is 0 Å². The van der Waals surface area contributed by atoms with Gasteiger partial charge in [0.15, 0.2) is 0 Å². The number of nitrogens with two attached hydrogens (primary N) is 1. The second kappa shape index (κ2) is 4.27. The molecule has 1 atom stereocenters. The lowest BCUT2D eigenvalue weighted by Crippen LogP contribution is -2.06. The molecule has 0 bridgehead atoms. The Labute approximate surface area is 106 Å². The van der Waals surface area contributed by atoms with Gasteiger partial charge in [-0.2, -0.15) is 5.10 Å². The minimum Gasteiger partial charge on any atom is -0.324 e. The zero-order chi connectivity index (χ0) is 12.5. The van der Waals surface area contributed by atoms with Crippen molar-refractivity contribution in [2.45, 2.75) is 13.0 Å². The summed E-state index contributed by atoms with van der Waals surface area (Å²) in [6.45, 7) is 1.99. The summed E-state index contributed by atoms with van der Waals surface area (Å²) < 4.78 is 1.95. The fourth-order valence-electron chi connectivity index (χ4n) is 2.12. The Bertz CT molecular complexity index is 683. The molecule has 0 aliphatic heterocycles. The highest BCUT2D eigenvalue weighted by molar-refractivity contribution is 5.80. The SMILES string of the molecule is C[C@H](N)c1cccc(-n2ncc3ccccc32)c1. The van der Waals surface area contributed by atoms with Crippen molar-refractivity contribution in [2.75, 3.05) is 0 Å². The van der Waals surface area contributed by atoms with Crippen molar-refractivity contribution in [2.24, 2.45) is 5.73 Å². The molecule has 2 N–H and O–H groups in total. The van der Waals surface area contributed by atoms with Gasteiger partial charge in [-0.25, -0.2) is 4.68 Å². The highest BCUT2D eigenvalue weighted by Crippen LogP contribution is 2.20. The van der Waals surface area contributed by atoms with Crippen LogP contribution in [0.2, 0.25) is 0 Å². The van der Waals surface area contributed by atoms with Crippen LogP contribution in [0.3, 0.4) is 0 Å². The lowest BCUT2D eigenvalue weighted by Gasteiger charge is -2.09. The summed E-state index contributed by atoms with van der Waals surface area (Å²) >= 11 is 0. The molecule has 18 heavy (non-hydrogen) atoms. The highest BCUT2D eigenvalue weighted by atomic mass is 15.3. The largest absolute Gasteiger partial charge is 0.324 e. The topological polar surface area (TPSA) is 43.8 Å². The Balaban J connectivity index is 2.17. The van der Waals surface area contributed by atoms with E-state index in [9.17, 15) is 0 Å². The first kappa shape index (κ1) is 11.0. The summed E-state index contributed by atoms with van der Waals surface area (Å²) in [6.07, 6.45) is 1.88. The summed E-state index contributed by atoms with van der Waals surface area (Å²) in [5.41, 5.74) is 9.19. The number of benzene rings is 2. The molecule has 2 aromatic carbocycles. The molecule has 3 rings (SSSR count). The van der Waals surface area contributed by atoms with E-state index in [-0.39, 0.29) is 6.04 Å². The van der Waals surface area contributed by atoms with Crippen molar-refractivity contribution in [3.63, 3.8) is 0 Å². The standard InChI is InChI=1S/C15H15N3/c1-11(16)12-6-4-7-14(9-12)18-15-8-3-2-5-13(15)10-17-18/h2-11H,16H2,1H3/t11-/m0/s1. The van der Waals surface area contributed by atoms with E-state index in [4.69, 9.17) is 5.73 Å². The van der Waals surface area contributed by atoms with Gasteiger partial charge >= 0.3 is 0 Å². The van der Waals surface area contributed by atoms with Crippen LogP contribution in [0.15, 0.2) is 54.7 Å². The van der Waals surface area contributed by atoms with Crippen LogP contribution in [0.25, 0.3) is 16.6 Å². The van der Waals surface area contributed by atoms with E-state index in [1.807, 2.05) is 48.1 Å². The monoisotopic (exact) mass is 237 g/mol. The number of rotatable bonds is 2. The van der Waals surface area contributed by atoms with Crippen LogP contribution in [0, 0.1) is 0 Å². The van der Waals surface area contributed by atoms with Gasteiger partial charge in [0.2, 0.25) is 0 Å². The van der Waals surface area contributed by atoms with Gasteiger partial charge in [-0.15, -0.1) is 0 Å². The molecule has 0 fully saturated rings. The fraction of sp³-hybridized carbons (Fsp3) is 0.133. The second-order valence-corrected chi connectivity index (χ2v) is 4.50. The van der Waals surface area contributed by atoms with E-state index in [0.717, 1.165) is 22.2 Å². The zero-order valence-corrected chi connectivity index (χ0v) is 10.2. The first-order valence-electron chi connectivity index (χ1n) is 6.04. The molecule has 0 radical (unpaired) electrons. The van der Waals surface area contributed by atoms with Crippen LogP contribution < -0.4 is 5.73 Å². The molecule has 90 valence electrons. The maximum atomic E-state index is 5.92. The van der Waals surface area contributed by atoms with Crippen molar-refractivity contribution in [1.82, 2.24) is 9.78 Å². The summed E-state index contributed by atoms with van der Waals surface area (Å²) in [4.78, 5) is 0. The molecule has 0 amide bonds. The minimum absolute atomic E-state index is 0.0341. The van der Waals surface area contributed by atoms with Gasteiger partial charge in [-0.1, -0.05) is 30.3 Å². The van der Waals surface area contributed by atoms with Gasteiger partial charge in [0, 0.05) is 11.4 Å². The Hall–Kier alpha value is -2.13. The number of nitrogens with zero attached hydrogens (tertiary/aromatic N) is 2. The van der Waals surface area contributed by atoms with Gasteiger partial charge in [0.1, 0.15) is 0 Å². The molecule has 1 aromatic heterocycles. The van der Waals surface area contributed by atoms with E-state index in [1.54, 1.807) is 0 Å². The predicted octanol–water partition coefficient (Wildman–Crippen LogP) is 3.05. The lowest BCUT2D eigenvalue weighted by atomic mass is 10.1. The normalized spacial score (nSPS) is 12.8. The van der Waals surface area contributed by atoms with Crippen LogP contribution in [-0.4, -0.2) is 9.78 Å². The molecule has 3 nitrogen and oxygen atoms in total. The third-order valence-electron chi connectivity index (χ3n) is 3.12. The number of hydrogen-bond donors (Lipinski definition) is 1. The van der Waals surface area contributed by atoms with E-state index in [0.29, 0.717) is 0 Å². The van der Waals surface area contributed by atoms with Crippen molar-refractivity contribution < 1.29 is 0 Å². The Morgan fingerprint density at radius 1 is 1.11 bits per heavy atom. The van der Waals surface area contributed by atoms with E-state index >= 15 is 0 Å². The number of fused-ring (bicyclic) bond motifs is 1. The molecule has 0 aliphatic rings. The Morgan fingerprint density at radius 2 is 1.94 bits per heavy atom. The molecule has 0 unspecified atom stereocenters. The maximum absolute atomic E-state index is 5.92. The zero-order valence-electron chi connectivity index (χ0n) is 10.2. The van der Waals surface area contributed by atoms with Crippen molar-refractivity contribution in [3.05, 3.63) is 60.3 Å².